The summed E-state index contributed by atoms with van der Waals surface area (Å²) >= 11 is 0. The first-order chi connectivity index (χ1) is 14.1. The van der Waals surface area contributed by atoms with E-state index in [1.165, 1.54) is 0 Å². The number of hydrogen-bond acceptors (Lipinski definition) is 3. The Morgan fingerprint density at radius 3 is 1.93 bits per heavy atom. The molecular formula is C23H21N3O2S. The third-order valence-electron chi connectivity index (χ3n) is 4.56. The van der Waals surface area contributed by atoms with Crippen LogP contribution >= 0.6 is 0 Å². The zero-order valence-electron chi connectivity index (χ0n) is 15.8. The number of hydrogen-bond donors (Lipinski definition) is 1. The molecular weight excluding hydrogens is 382 g/mol. The van der Waals surface area contributed by atoms with Gasteiger partial charge in [-0.3, -0.25) is 4.68 Å². The fourth-order valence-electron chi connectivity index (χ4n) is 3.10. The zero-order valence-corrected chi connectivity index (χ0v) is 16.6. The van der Waals surface area contributed by atoms with Gasteiger partial charge in [-0.25, -0.2) is 13.1 Å². The van der Waals surface area contributed by atoms with Crippen LogP contribution in [0.1, 0.15) is 11.1 Å². The lowest BCUT2D eigenvalue weighted by Crippen LogP contribution is -2.23. The van der Waals surface area contributed by atoms with Crippen molar-refractivity contribution in [3.05, 3.63) is 108 Å². The number of rotatable bonds is 7. The lowest BCUT2D eigenvalue weighted by Gasteiger charge is -2.07. The fourth-order valence-corrected chi connectivity index (χ4v) is 4.29. The van der Waals surface area contributed by atoms with E-state index < -0.39 is 10.0 Å². The molecule has 4 aromatic rings. The maximum Gasteiger partial charge on any atom is 0.244 e. The molecule has 1 heterocycles. The summed E-state index contributed by atoms with van der Waals surface area (Å²) in [6, 6.07) is 28.7. The summed E-state index contributed by atoms with van der Waals surface area (Å²) < 4.78 is 30.6. The van der Waals surface area contributed by atoms with Crippen molar-refractivity contribution in [1.82, 2.24) is 14.5 Å². The van der Waals surface area contributed by atoms with E-state index >= 15 is 0 Å². The fraction of sp³-hybridized carbons (Fsp3) is 0.0870. The van der Waals surface area contributed by atoms with E-state index in [4.69, 9.17) is 0 Å². The van der Waals surface area contributed by atoms with E-state index in [-0.39, 0.29) is 11.4 Å². The van der Waals surface area contributed by atoms with E-state index in [0.29, 0.717) is 12.2 Å². The Morgan fingerprint density at radius 2 is 1.31 bits per heavy atom. The molecule has 29 heavy (non-hydrogen) atoms. The highest BCUT2D eigenvalue weighted by Crippen LogP contribution is 2.26. The quantitative estimate of drug-likeness (QED) is 0.506. The van der Waals surface area contributed by atoms with Gasteiger partial charge in [-0.15, -0.1) is 0 Å². The van der Waals surface area contributed by atoms with Crippen LogP contribution in [0.4, 0.5) is 0 Å². The molecule has 1 N–H and O–H groups in total. The second kappa shape index (κ2) is 8.43. The summed E-state index contributed by atoms with van der Waals surface area (Å²) in [6.07, 6.45) is 1.60. The van der Waals surface area contributed by atoms with Crippen LogP contribution in [0.5, 0.6) is 0 Å². The molecule has 0 saturated carbocycles. The van der Waals surface area contributed by atoms with Crippen molar-refractivity contribution in [2.75, 3.05) is 0 Å². The van der Waals surface area contributed by atoms with Gasteiger partial charge in [0.1, 0.15) is 10.6 Å². The van der Waals surface area contributed by atoms with E-state index in [1.807, 2.05) is 91.0 Å². The lowest BCUT2D eigenvalue weighted by atomic mass is 10.2. The molecule has 3 aromatic carbocycles. The topological polar surface area (TPSA) is 64.0 Å². The highest BCUT2D eigenvalue weighted by molar-refractivity contribution is 7.89. The van der Waals surface area contributed by atoms with Gasteiger partial charge in [0, 0.05) is 18.3 Å². The molecule has 0 atom stereocenters. The van der Waals surface area contributed by atoms with Crippen LogP contribution in [0.25, 0.3) is 11.3 Å². The van der Waals surface area contributed by atoms with Gasteiger partial charge in [0.05, 0.1) is 6.54 Å². The molecule has 0 unspecified atom stereocenters. The van der Waals surface area contributed by atoms with Crippen LogP contribution in [0, 0.1) is 0 Å². The Labute approximate surface area is 170 Å². The highest BCUT2D eigenvalue weighted by Gasteiger charge is 2.23. The SMILES string of the molecule is O=S(=O)(NCc1ccccc1)c1cn(Cc2ccccc2)nc1-c1ccccc1. The lowest BCUT2D eigenvalue weighted by molar-refractivity contribution is 0.581. The van der Waals surface area contributed by atoms with Crippen molar-refractivity contribution in [3.8, 4) is 11.3 Å². The molecule has 0 aliphatic rings. The van der Waals surface area contributed by atoms with E-state index in [2.05, 4.69) is 9.82 Å². The molecule has 0 fully saturated rings. The van der Waals surface area contributed by atoms with Gasteiger partial charge >= 0.3 is 0 Å². The monoisotopic (exact) mass is 403 g/mol. The minimum Gasteiger partial charge on any atom is -0.266 e. The Morgan fingerprint density at radius 1 is 0.759 bits per heavy atom. The van der Waals surface area contributed by atoms with Crippen LogP contribution in [0.15, 0.2) is 102 Å². The molecule has 0 saturated heterocycles. The molecule has 0 aliphatic carbocycles. The number of nitrogens with one attached hydrogen (secondary N) is 1. The summed E-state index contributed by atoms with van der Waals surface area (Å²) in [5.41, 5.74) is 3.16. The van der Waals surface area contributed by atoms with Crippen molar-refractivity contribution in [2.45, 2.75) is 18.0 Å². The molecule has 1 aromatic heterocycles. The van der Waals surface area contributed by atoms with E-state index in [9.17, 15) is 8.42 Å². The second-order valence-corrected chi connectivity index (χ2v) is 8.44. The smallest absolute Gasteiger partial charge is 0.244 e. The minimum atomic E-state index is -3.74. The molecule has 0 spiro atoms. The van der Waals surface area contributed by atoms with Crippen LogP contribution < -0.4 is 4.72 Å². The molecule has 5 nitrogen and oxygen atoms in total. The van der Waals surface area contributed by atoms with Gasteiger partial charge in [0.2, 0.25) is 10.0 Å². The number of benzene rings is 3. The Bertz CT molecular complexity index is 1170. The maximum absolute atomic E-state index is 13.1. The van der Waals surface area contributed by atoms with Gasteiger partial charge < -0.3 is 0 Å². The Hall–Kier alpha value is -3.22. The third kappa shape index (κ3) is 4.62. The standard InChI is InChI=1S/C23H21N3O2S/c27-29(28,24-16-19-10-4-1-5-11-19)22-18-26(17-20-12-6-2-7-13-20)25-23(22)21-14-8-3-9-15-21/h1-15,18,24H,16-17H2. The summed E-state index contributed by atoms with van der Waals surface area (Å²) in [7, 11) is -3.74. The molecule has 0 bridgehead atoms. The first kappa shape index (κ1) is 19.1. The van der Waals surface area contributed by atoms with Crippen LogP contribution in [0.2, 0.25) is 0 Å². The average Bonchev–Trinajstić information content (AvgIpc) is 3.19. The summed E-state index contributed by atoms with van der Waals surface area (Å²) in [5, 5.41) is 4.59. The van der Waals surface area contributed by atoms with Crippen LogP contribution in [-0.2, 0) is 23.1 Å². The maximum atomic E-state index is 13.1. The summed E-state index contributed by atoms with van der Waals surface area (Å²) in [5.74, 6) is 0. The molecule has 4 rings (SSSR count). The van der Waals surface area contributed by atoms with E-state index in [0.717, 1.165) is 16.7 Å². The minimum absolute atomic E-state index is 0.176. The largest absolute Gasteiger partial charge is 0.266 e. The zero-order chi connectivity index (χ0) is 20.1. The predicted octanol–water partition coefficient (Wildman–Crippen LogP) is 4.08. The first-order valence-electron chi connectivity index (χ1n) is 9.32. The number of nitrogens with zero attached hydrogens (tertiary/aromatic N) is 2. The van der Waals surface area contributed by atoms with Crippen molar-refractivity contribution in [2.24, 2.45) is 0 Å². The molecule has 0 radical (unpaired) electrons. The van der Waals surface area contributed by atoms with E-state index in [1.54, 1.807) is 10.9 Å². The highest BCUT2D eigenvalue weighted by atomic mass is 32.2. The average molecular weight is 404 g/mol. The van der Waals surface area contributed by atoms with Crippen molar-refractivity contribution in [1.29, 1.82) is 0 Å². The van der Waals surface area contributed by atoms with Gasteiger partial charge in [-0.2, -0.15) is 5.10 Å². The predicted molar refractivity (Wildman–Crippen MR) is 114 cm³/mol. The van der Waals surface area contributed by atoms with Crippen molar-refractivity contribution < 1.29 is 8.42 Å². The molecule has 6 heteroatoms. The summed E-state index contributed by atoms with van der Waals surface area (Å²) in [6.45, 7) is 0.718. The normalized spacial score (nSPS) is 11.4. The van der Waals surface area contributed by atoms with Gasteiger partial charge in [0.25, 0.3) is 0 Å². The van der Waals surface area contributed by atoms with Gasteiger partial charge in [-0.05, 0) is 11.1 Å². The van der Waals surface area contributed by atoms with Gasteiger partial charge in [0.15, 0.2) is 0 Å². The molecule has 0 aliphatic heterocycles. The number of aromatic nitrogens is 2. The molecule has 0 amide bonds. The second-order valence-electron chi connectivity index (χ2n) is 6.70. The molecule has 146 valence electrons. The first-order valence-corrected chi connectivity index (χ1v) is 10.8. The van der Waals surface area contributed by atoms with Crippen LogP contribution in [0.3, 0.4) is 0 Å². The Balaban J connectivity index is 1.68. The van der Waals surface area contributed by atoms with Crippen LogP contribution in [-0.4, -0.2) is 18.2 Å². The van der Waals surface area contributed by atoms with Gasteiger partial charge in [-0.1, -0.05) is 91.0 Å². The summed E-state index contributed by atoms with van der Waals surface area (Å²) in [4.78, 5) is 0.176. The van der Waals surface area contributed by atoms with Crippen molar-refractivity contribution >= 4 is 10.0 Å². The third-order valence-corrected chi connectivity index (χ3v) is 5.96. The van der Waals surface area contributed by atoms with Crippen molar-refractivity contribution in [3.63, 3.8) is 0 Å². The number of sulfonamides is 1. The Kier molecular flexibility index (Phi) is 5.55.